The average molecular weight is 478 g/mol. The highest BCUT2D eigenvalue weighted by Crippen LogP contribution is 2.28. The Morgan fingerprint density at radius 1 is 1.03 bits per heavy atom. The molecule has 3 atom stereocenters. The van der Waals surface area contributed by atoms with Crippen molar-refractivity contribution in [2.45, 2.75) is 58.8 Å². The summed E-state index contributed by atoms with van der Waals surface area (Å²) in [5, 5.41) is 2.96. The molecule has 0 saturated carbocycles. The van der Waals surface area contributed by atoms with Crippen LogP contribution in [0.5, 0.6) is 0 Å². The molecule has 186 valence electrons. The first-order chi connectivity index (χ1) is 16.7. The summed E-state index contributed by atoms with van der Waals surface area (Å²) in [4.78, 5) is 41.8. The Balaban J connectivity index is 1.31. The molecule has 0 spiro atoms. The lowest BCUT2D eigenvalue weighted by Crippen LogP contribution is -2.48. The Labute approximate surface area is 207 Å². The summed E-state index contributed by atoms with van der Waals surface area (Å²) in [5.41, 5.74) is 3.55. The van der Waals surface area contributed by atoms with Crippen molar-refractivity contribution < 1.29 is 19.1 Å². The van der Waals surface area contributed by atoms with Gasteiger partial charge in [0.1, 0.15) is 0 Å². The fraction of sp³-hybridized carbons (Fsp3) is 0.464. The first-order valence-corrected chi connectivity index (χ1v) is 12.4. The second-order valence-corrected chi connectivity index (χ2v) is 10.0. The molecule has 0 bridgehead atoms. The third-order valence-corrected chi connectivity index (χ3v) is 6.72. The molecule has 35 heavy (non-hydrogen) atoms. The van der Waals surface area contributed by atoms with Crippen molar-refractivity contribution in [3.8, 4) is 0 Å². The largest absolute Gasteiger partial charge is 0.372 e. The number of carbonyl (C=O) groups excluding carboxylic acids is 3. The Morgan fingerprint density at radius 3 is 2.37 bits per heavy atom. The fourth-order valence-electron chi connectivity index (χ4n) is 4.81. The van der Waals surface area contributed by atoms with E-state index in [0.29, 0.717) is 37.7 Å². The van der Waals surface area contributed by atoms with E-state index >= 15 is 0 Å². The predicted molar refractivity (Wildman–Crippen MR) is 135 cm³/mol. The monoisotopic (exact) mass is 477 g/mol. The topological polar surface area (TPSA) is 79.0 Å². The second kappa shape index (κ2) is 10.6. The molecule has 2 aliphatic rings. The van der Waals surface area contributed by atoms with Crippen LogP contribution >= 0.6 is 0 Å². The van der Waals surface area contributed by atoms with E-state index in [1.807, 2.05) is 49.1 Å². The van der Waals surface area contributed by atoms with E-state index in [9.17, 15) is 14.4 Å². The molecule has 3 amide bonds. The van der Waals surface area contributed by atoms with Crippen LogP contribution in [0.15, 0.2) is 48.5 Å². The lowest BCUT2D eigenvalue weighted by atomic mass is 10.0. The number of rotatable bonds is 6. The van der Waals surface area contributed by atoms with Crippen LogP contribution in [0.4, 0.5) is 5.69 Å². The molecule has 0 radical (unpaired) electrons. The van der Waals surface area contributed by atoms with E-state index in [-0.39, 0.29) is 42.3 Å². The molecule has 0 aliphatic carbocycles. The minimum Gasteiger partial charge on any atom is -0.372 e. The number of nitrogens with zero attached hydrogens (tertiary/aromatic N) is 2. The lowest BCUT2D eigenvalue weighted by Gasteiger charge is -2.35. The van der Waals surface area contributed by atoms with E-state index < -0.39 is 0 Å². The Bertz CT molecular complexity index is 1070. The number of nitrogens with one attached hydrogen (secondary N) is 1. The summed E-state index contributed by atoms with van der Waals surface area (Å²) in [6, 6.07) is 15.3. The van der Waals surface area contributed by atoms with E-state index in [1.165, 1.54) is 5.56 Å². The van der Waals surface area contributed by atoms with Gasteiger partial charge in [-0.15, -0.1) is 0 Å². The van der Waals surface area contributed by atoms with Gasteiger partial charge in [0.25, 0.3) is 5.91 Å². The number of anilines is 1. The Kier molecular flexibility index (Phi) is 7.55. The Hall–Kier alpha value is -3.19. The molecular formula is C28H35N3O4. The van der Waals surface area contributed by atoms with Gasteiger partial charge in [0.15, 0.2) is 0 Å². The van der Waals surface area contributed by atoms with E-state index in [0.717, 1.165) is 11.3 Å². The highest BCUT2D eigenvalue weighted by molar-refractivity contribution is 6.00. The molecule has 2 aromatic rings. The molecule has 2 aliphatic heterocycles. The van der Waals surface area contributed by atoms with Crippen LogP contribution in [0.25, 0.3) is 0 Å². The molecule has 2 heterocycles. The van der Waals surface area contributed by atoms with Crippen LogP contribution in [0.3, 0.4) is 0 Å². The zero-order chi connectivity index (χ0) is 25.1. The molecule has 3 unspecified atom stereocenters. The van der Waals surface area contributed by atoms with Gasteiger partial charge in [0, 0.05) is 43.9 Å². The molecule has 0 aromatic heterocycles. The van der Waals surface area contributed by atoms with E-state index in [1.54, 1.807) is 17.0 Å². The van der Waals surface area contributed by atoms with Crippen LogP contribution in [0.1, 0.15) is 61.5 Å². The summed E-state index contributed by atoms with van der Waals surface area (Å²) in [7, 11) is 0. The molecule has 2 fully saturated rings. The normalized spacial score (nSPS) is 22.5. The minimum atomic E-state index is -0.378. The highest BCUT2D eigenvalue weighted by Gasteiger charge is 2.35. The number of carbonyl (C=O) groups is 3. The number of hydrogen-bond acceptors (Lipinski definition) is 4. The fourth-order valence-corrected chi connectivity index (χ4v) is 4.81. The van der Waals surface area contributed by atoms with Crippen LogP contribution in [0.2, 0.25) is 0 Å². The van der Waals surface area contributed by atoms with Crippen molar-refractivity contribution in [2.24, 2.45) is 5.92 Å². The molecule has 1 N–H and O–H groups in total. The Morgan fingerprint density at radius 2 is 1.71 bits per heavy atom. The standard InChI is InChI=1S/C28H35N3O4/c1-18(2)23-6-5-7-25(12-23)31-17-24(13-26(31)32)27(33)29-14-21-8-10-22(11-9-21)28(34)30-15-19(3)35-20(4)16-30/h5-12,18-20,24H,13-17H2,1-4H3,(H,29,33). The maximum absolute atomic E-state index is 12.8. The predicted octanol–water partition coefficient (Wildman–Crippen LogP) is 3.73. The summed E-state index contributed by atoms with van der Waals surface area (Å²) in [6.45, 7) is 10.1. The van der Waals surface area contributed by atoms with Gasteiger partial charge in [-0.05, 0) is 55.2 Å². The second-order valence-electron chi connectivity index (χ2n) is 10.0. The first-order valence-electron chi connectivity index (χ1n) is 12.4. The summed E-state index contributed by atoms with van der Waals surface area (Å²) >= 11 is 0. The zero-order valence-corrected chi connectivity index (χ0v) is 21.0. The van der Waals surface area contributed by atoms with Crippen molar-refractivity contribution >= 4 is 23.4 Å². The molecule has 2 aromatic carbocycles. The van der Waals surface area contributed by atoms with Gasteiger partial charge in [0.05, 0.1) is 18.1 Å². The molecule has 7 nitrogen and oxygen atoms in total. The smallest absolute Gasteiger partial charge is 0.254 e. The maximum atomic E-state index is 12.8. The third kappa shape index (κ3) is 5.90. The molecule has 2 saturated heterocycles. The molecule has 4 rings (SSSR count). The maximum Gasteiger partial charge on any atom is 0.254 e. The van der Waals surface area contributed by atoms with Gasteiger partial charge < -0.3 is 19.9 Å². The SMILES string of the molecule is CC1CN(C(=O)c2ccc(CNC(=O)C3CC(=O)N(c4cccc(C(C)C)c4)C3)cc2)CC(C)O1. The molecular weight excluding hydrogens is 442 g/mol. The number of hydrogen-bond donors (Lipinski definition) is 1. The van der Waals surface area contributed by atoms with Crippen molar-refractivity contribution in [3.05, 3.63) is 65.2 Å². The van der Waals surface area contributed by atoms with Gasteiger partial charge in [0.2, 0.25) is 11.8 Å². The van der Waals surface area contributed by atoms with E-state index in [4.69, 9.17) is 4.74 Å². The summed E-state index contributed by atoms with van der Waals surface area (Å²) in [6.07, 6.45) is 0.256. The summed E-state index contributed by atoms with van der Waals surface area (Å²) in [5.74, 6) is -0.169. The first kappa shape index (κ1) is 24.9. The van der Waals surface area contributed by atoms with Crippen LogP contribution in [-0.2, 0) is 20.9 Å². The van der Waals surface area contributed by atoms with Crippen LogP contribution < -0.4 is 10.2 Å². The van der Waals surface area contributed by atoms with Gasteiger partial charge >= 0.3 is 0 Å². The average Bonchev–Trinajstić information content (AvgIpc) is 3.23. The number of amides is 3. The highest BCUT2D eigenvalue weighted by atomic mass is 16.5. The number of morpholine rings is 1. The van der Waals surface area contributed by atoms with Gasteiger partial charge in [-0.2, -0.15) is 0 Å². The van der Waals surface area contributed by atoms with Crippen molar-refractivity contribution in [1.82, 2.24) is 10.2 Å². The number of benzene rings is 2. The zero-order valence-electron chi connectivity index (χ0n) is 21.0. The lowest BCUT2D eigenvalue weighted by molar-refractivity contribution is -0.126. The van der Waals surface area contributed by atoms with Crippen LogP contribution in [-0.4, -0.2) is 54.5 Å². The van der Waals surface area contributed by atoms with Crippen molar-refractivity contribution in [1.29, 1.82) is 0 Å². The van der Waals surface area contributed by atoms with Gasteiger partial charge in [-0.1, -0.05) is 38.1 Å². The third-order valence-electron chi connectivity index (χ3n) is 6.72. The minimum absolute atomic E-state index is 0.00585. The molecule has 7 heteroatoms. The van der Waals surface area contributed by atoms with Gasteiger partial charge in [-0.25, -0.2) is 0 Å². The van der Waals surface area contributed by atoms with E-state index in [2.05, 4.69) is 25.2 Å². The summed E-state index contributed by atoms with van der Waals surface area (Å²) < 4.78 is 5.71. The van der Waals surface area contributed by atoms with Gasteiger partial charge in [-0.3, -0.25) is 14.4 Å². The van der Waals surface area contributed by atoms with Crippen LogP contribution in [0, 0.1) is 5.92 Å². The number of ether oxygens (including phenoxy) is 1. The van der Waals surface area contributed by atoms with Crippen molar-refractivity contribution in [2.75, 3.05) is 24.5 Å². The van der Waals surface area contributed by atoms with Crippen molar-refractivity contribution in [3.63, 3.8) is 0 Å². The quantitative estimate of drug-likeness (QED) is 0.688.